The molecule has 1 N–H and O–H groups in total. The van der Waals surface area contributed by atoms with Gasteiger partial charge in [-0.15, -0.1) is 0 Å². The van der Waals surface area contributed by atoms with Crippen LogP contribution in [0.2, 0.25) is 0 Å². The summed E-state index contributed by atoms with van der Waals surface area (Å²) in [6.07, 6.45) is 4.06. The summed E-state index contributed by atoms with van der Waals surface area (Å²) in [5.41, 5.74) is 0. The Labute approximate surface area is 107 Å². The van der Waals surface area contributed by atoms with E-state index in [2.05, 4.69) is 29.0 Å². The van der Waals surface area contributed by atoms with E-state index >= 15 is 0 Å². The Bertz CT molecular complexity index is 212. The van der Waals surface area contributed by atoms with Crippen LogP contribution in [0.25, 0.3) is 0 Å². The van der Waals surface area contributed by atoms with Gasteiger partial charge in [-0.05, 0) is 51.4 Å². The van der Waals surface area contributed by atoms with Gasteiger partial charge in [0.15, 0.2) is 0 Å². The van der Waals surface area contributed by atoms with Crippen molar-refractivity contribution in [3.8, 4) is 0 Å². The molecule has 3 nitrogen and oxygen atoms in total. The van der Waals surface area contributed by atoms with E-state index in [0.29, 0.717) is 0 Å². The topological polar surface area (TPSA) is 18.5 Å². The number of hydrogen-bond donors (Lipinski definition) is 1. The van der Waals surface area contributed by atoms with Crippen LogP contribution in [0, 0.1) is 5.92 Å². The number of hydrogen-bond acceptors (Lipinski definition) is 3. The number of piperidine rings is 1. The zero-order valence-corrected chi connectivity index (χ0v) is 11.6. The van der Waals surface area contributed by atoms with Crippen LogP contribution < -0.4 is 5.32 Å². The van der Waals surface area contributed by atoms with Crippen LogP contribution >= 0.6 is 0 Å². The van der Waals surface area contributed by atoms with Crippen LogP contribution in [0.1, 0.15) is 33.1 Å². The molecule has 0 unspecified atom stereocenters. The number of nitrogens with one attached hydrogen (secondary N) is 1. The summed E-state index contributed by atoms with van der Waals surface area (Å²) in [5, 5.41) is 3.47. The second-order valence-corrected chi connectivity index (χ2v) is 6.07. The van der Waals surface area contributed by atoms with Crippen LogP contribution in [0.3, 0.4) is 0 Å². The summed E-state index contributed by atoms with van der Waals surface area (Å²) in [6.45, 7) is 13.6. The molecule has 0 aromatic rings. The minimum atomic E-state index is 0.806. The van der Waals surface area contributed by atoms with Gasteiger partial charge in [0.25, 0.3) is 0 Å². The molecule has 2 heterocycles. The Kier molecular flexibility index (Phi) is 5.26. The van der Waals surface area contributed by atoms with Gasteiger partial charge in [-0.2, -0.15) is 0 Å². The molecule has 0 aromatic heterocycles. The Hall–Kier alpha value is -0.120. The van der Waals surface area contributed by atoms with E-state index in [4.69, 9.17) is 0 Å². The first kappa shape index (κ1) is 13.3. The second kappa shape index (κ2) is 6.72. The first-order valence-electron chi connectivity index (χ1n) is 7.43. The van der Waals surface area contributed by atoms with E-state index in [0.717, 1.165) is 12.0 Å². The van der Waals surface area contributed by atoms with E-state index in [9.17, 15) is 0 Å². The standard InChI is InChI=1S/C14H29N3/c1-13(2)12-16-8-3-9-17(11-10-16)14-4-6-15-7-5-14/h13-15H,3-12H2,1-2H3. The van der Waals surface area contributed by atoms with E-state index in [1.807, 2.05) is 0 Å². The van der Waals surface area contributed by atoms with Crippen molar-refractivity contribution < 1.29 is 0 Å². The van der Waals surface area contributed by atoms with Crippen LogP contribution in [0.4, 0.5) is 0 Å². The summed E-state index contributed by atoms with van der Waals surface area (Å²) >= 11 is 0. The molecule has 0 spiro atoms. The van der Waals surface area contributed by atoms with Gasteiger partial charge < -0.3 is 10.2 Å². The molecule has 0 radical (unpaired) electrons. The van der Waals surface area contributed by atoms with Crippen LogP contribution in [-0.2, 0) is 0 Å². The van der Waals surface area contributed by atoms with E-state index in [1.54, 1.807) is 0 Å². The van der Waals surface area contributed by atoms with Gasteiger partial charge in [0, 0.05) is 25.7 Å². The normalized spacial score (nSPS) is 26.3. The molecule has 0 atom stereocenters. The van der Waals surface area contributed by atoms with Gasteiger partial charge in [-0.1, -0.05) is 13.8 Å². The molecule has 100 valence electrons. The Morgan fingerprint density at radius 1 is 1.06 bits per heavy atom. The van der Waals surface area contributed by atoms with Crippen LogP contribution in [-0.4, -0.2) is 61.7 Å². The molecular weight excluding hydrogens is 210 g/mol. The highest BCUT2D eigenvalue weighted by Crippen LogP contribution is 2.15. The third-order valence-electron chi connectivity index (χ3n) is 4.07. The lowest BCUT2D eigenvalue weighted by molar-refractivity contribution is 0.163. The minimum absolute atomic E-state index is 0.806. The van der Waals surface area contributed by atoms with Crippen molar-refractivity contribution in [3.05, 3.63) is 0 Å². The van der Waals surface area contributed by atoms with E-state index in [1.165, 1.54) is 65.1 Å². The van der Waals surface area contributed by atoms with Gasteiger partial charge in [-0.25, -0.2) is 0 Å². The quantitative estimate of drug-likeness (QED) is 0.803. The van der Waals surface area contributed by atoms with Crippen molar-refractivity contribution >= 4 is 0 Å². The molecular formula is C14H29N3. The van der Waals surface area contributed by atoms with Crippen LogP contribution in [0.15, 0.2) is 0 Å². The molecule has 3 heteroatoms. The van der Waals surface area contributed by atoms with Crippen molar-refractivity contribution in [1.82, 2.24) is 15.1 Å². The highest BCUT2D eigenvalue weighted by atomic mass is 15.2. The van der Waals surface area contributed by atoms with E-state index < -0.39 is 0 Å². The summed E-state index contributed by atoms with van der Waals surface area (Å²) in [5.74, 6) is 0.806. The first-order valence-corrected chi connectivity index (χ1v) is 7.43. The van der Waals surface area contributed by atoms with Crippen LogP contribution in [0.5, 0.6) is 0 Å². The zero-order valence-electron chi connectivity index (χ0n) is 11.6. The molecule has 0 saturated carbocycles. The minimum Gasteiger partial charge on any atom is -0.317 e. The predicted octanol–water partition coefficient (Wildman–Crippen LogP) is 1.40. The van der Waals surface area contributed by atoms with Gasteiger partial charge in [-0.3, -0.25) is 4.90 Å². The monoisotopic (exact) mass is 239 g/mol. The lowest BCUT2D eigenvalue weighted by Crippen LogP contribution is -2.44. The van der Waals surface area contributed by atoms with Gasteiger partial charge in [0.05, 0.1) is 0 Å². The SMILES string of the molecule is CC(C)CN1CCCN(C2CCNCC2)CC1. The molecule has 2 aliphatic heterocycles. The van der Waals surface area contributed by atoms with Gasteiger partial charge in [0.1, 0.15) is 0 Å². The maximum atomic E-state index is 3.47. The largest absolute Gasteiger partial charge is 0.317 e. The fourth-order valence-corrected chi connectivity index (χ4v) is 3.23. The Morgan fingerprint density at radius 3 is 2.53 bits per heavy atom. The lowest BCUT2D eigenvalue weighted by atomic mass is 10.0. The predicted molar refractivity (Wildman–Crippen MR) is 73.4 cm³/mol. The molecule has 2 saturated heterocycles. The zero-order chi connectivity index (χ0) is 12.1. The van der Waals surface area contributed by atoms with Crippen molar-refractivity contribution in [2.75, 3.05) is 45.8 Å². The molecule has 0 aromatic carbocycles. The number of rotatable bonds is 3. The summed E-state index contributed by atoms with van der Waals surface area (Å²) < 4.78 is 0. The summed E-state index contributed by atoms with van der Waals surface area (Å²) in [6, 6.07) is 0.857. The third kappa shape index (κ3) is 4.23. The molecule has 2 rings (SSSR count). The van der Waals surface area contributed by atoms with E-state index in [-0.39, 0.29) is 0 Å². The van der Waals surface area contributed by atoms with Crippen molar-refractivity contribution in [2.24, 2.45) is 5.92 Å². The molecule has 0 bridgehead atoms. The van der Waals surface area contributed by atoms with Crippen molar-refractivity contribution in [3.63, 3.8) is 0 Å². The molecule has 0 aliphatic carbocycles. The fraction of sp³-hybridized carbons (Fsp3) is 1.00. The van der Waals surface area contributed by atoms with Crippen molar-refractivity contribution in [2.45, 2.75) is 39.2 Å². The van der Waals surface area contributed by atoms with Gasteiger partial charge in [0.2, 0.25) is 0 Å². The first-order chi connectivity index (χ1) is 8.25. The number of nitrogens with zero attached hydrogens (tertiary/aromatic N) is 2. The smallest absolute Gasteiger partial charge is 0.0120 e. The molecule has 17 heavy (non-hydrogen) atoms. The maximum absolute atomic E-state index is 3.47. The average molecular weight is 239 g/mol. The third-order valence-corrected chi connectivity index (χ3v) is 4.07. The maximum Gasteiger partial charge on any atom is 0.0120 e. The average Bonchev–Trinajstić information content (AvgIpc) is 2.55. The fourth-order valence-electron chi connectivity index (χ4n) is 3.23. The summed E-state index contributed by atoms with van der Waals surface area (Å²) in [4.78, 5) is 5.41. The molecule has 0 amide bonds. The van der Waals surface area contributed by atoms with Crippen molar-refractivity contribution in [1.29, 1.82) is 0 Å². The highest BCUT2D eigenvalue weighted by Gasteiger charge is 2.23. The Balaban J connectivity index is 1.78. The second-order valence-electron chi connectivity index (χ2n) is 6.07. The highest BCUT2D eigenvalue weighted by molar-refractivity contribution is 4.80. The lowest BCUT2D eigenvalue weighted by Gasteiger charge is -2.33. The molecule has 2 fully saturated rings. The Morgan fingerprint density at radius 2 is 1.82 bits per heavy atom. The van der Waals surface area contributed by atoms with Gasteiger partial charge >= 0.3 is 0 Å². The molecule has 2 aliphatic rings. The summed E-state index contributed by atoms with van der Waals surface area (Å²) in [7, 11) is 0.